The Bertz CT molecular complexity index is 1030. The average Bonchev–Trinajstić information content (AvgIpc) is 3.13. The fourth-order valence-electron chi connectivity index (χ4n) is 3.55. The molecule has 0 saturated carbocycles. The molecule has 3 aromatic rings. The lowest BCUT2D eigenvalue weighted by Gasteiger charge is -2.14. The molecule has 152 valence electrons. The van der Waals surface area contributed by atoms with Crippen molar-refractivity contribution in [1.29, 1.82) is 0 Å². The number of hydrogen-bond acceptors (Lipinski definition) is 5. The molecule has 6 heteroatoms. The number of aromatic nitrogens is 3. The van der Waals surface area contributed by atoms with Gasteiger partial charge in [0.2, 0.25) is 0 Å². The minimum Gasteiger partial charge on any atom is -0.496 e. The van der Waals surface area contributed by atoms with Crippen molar-refractivity contribution in [3.8, 4) is 17.1 Å². The van der Waals surface area contributed by atoms with E-state index in [1.165, 1.54) is 11.8 Å². The molecule has 1 aromatic heterocycles. The van der Waals surface area contributed by atoms with Gasteiger partial charge in [0, 0.05) is 12.1 Å². The van der Waals surface area contributed by atoms with E-state index in [0.29, 0.717) is 12.3 Å². The van der Waals surface area contributed by atoms with Crippen LogP contribution in [-0.2, 0) is 6.54 Å². The van der Waals surface area contributed by atoms with Crippen LogP contribution < -0.4 is 4.74 Å². The number of ketones is 1. The van der Waals surface area contributed by atoms with Crippen molar-refractivity contribution < 1.29 is 9.53 Å². The number of methoxy groups -OCH3 is 1. The Morgan fingerprint density at radius 3 is 2.34 bits per heavy atom. The van der Waals surface area contributed by atoms with Gasteiger partial charge in [-0.15, -0.1) is 10.2 Å². The van der Waals surface area contributed by atoms with E-state index in [1.54, 1.807) is 7.11 Å². The highest BCUT2D eigenvalue weighted by Crippen LogP contribution is 2.31. The number of thioether (sulfide) groups is 1. The Balaban J connectivity index is 1.88. The van der Waals surface area contributed by atoms with Gasteiger partial charge in [-0.1, -0.05) is 30.0 Å². The Hall–Kier alpha value is -2.60. The van der Waals surface area contributed by atoms with Gasteiger partial charge in [0.1, 0.15) is 5.75 Å². The summed E-state index contributed by atoms with van der Waals surface area (Å²) < 4.78 is 7.50. The number of carbonyl (C=O) groups is 1. The standard InChI is InChI=1S/C23H27N3O2S/c1-7-26-22(18-10-8-9-11-20(18)28-6)24-25-23(26)29-13-19(27)21-16(4)14(2)12-15(3)17(21)5/h8-12H,7,13H2,1-6H3. The second kappa shape index (κ2) is 8.82. The summed E-state index contributed by atoms with van der Waals surface area (Å²) >= 11 is 1.43. The van der Waals surface area contributed by atoms with Gasteiger partial charge in [0.25, 0.3) is 0 Å². The monoisotopic (exact) mass is 409 g/mol. The lowest BCUT2D eigenvalue weighted by Crippen LogP contribution is -2.11. The molecule has 0 aliphatic rings. The molecule has 3 rings (SSSR count). The van der Waals surface area contributed by atoms with Gasteiger partial charge in [-0.3, -0.25) is 4.79 Å². The van der Waals surface area contributed by atoms with E-state index in [4.69, 9.17) is 4.74 Å². The summed E-state index contributed by atoms with van der Waals surface area (Å²) in [4.78, 5) is 13.0. The molecule has 0 atom stereocenters. The van der Waals surface area contributed by atoms with E-state index >= 15 is 0 Å². The maximum Gasteiger partial charge on any atom is 0.191 e. The first-order valence-electron chi connectivity index (χ1n) is 9.69. The third-order valence-electron chi connectivity index (χ3n) is 5.36. The topological polar surface area (TPSA) is 57.0 Å². The highest BCUT2D eigenvalue weighted by atomic mass is 32.2. The molecule has 0 saturated heterocycles. The van der Waals surface area contributed by atoms with Crippen molar-refractivity contribution in [3.63, 3.8) is 0 Å². The van der Waals surface area contributed by atoms with Crippen LogP contribution in [-0.4, -0.2) is 33.4 Å². The molecule has 0 radical (unpaired) electrons. The largest absolute Gasteiger partial charge is 0.496 e. The van der Waals surface area contributed by atoms with Crippen molar-refractivity contribution in [2.24, 2.45) is 0 Å². The minimum atomic E-state index is 0.126. The summed E-state index contributed by atoms with van der Waals surface area (Å²) in [5.74, 6) is 1.96. The van der Waals surface area contributed by atoms with Crippen LogP contribution >= 0.6 is 11.8 Å². The first-order chi connectivity index (χ1) is 13.9. The lowest BCUT2D eigenvalue weighted by molar-refractivity contribution is 0.102. The minimum absolute atomic E-state index is 0.126. The molecule has 0 amide bonds. The van der Waals surface area contributed by atoms with Crippen LogP contribution in [0.15, 0.2) is 35.5 Å². The van der Waals surface area contributed by atoms with Gasteiger partial charge in [-0.05, 0) is 69.0 Å². The third kappa shape index (κ3) is 4.08. The normalized spacial score (nSPS) is 11.0. The fourth-order valence-corrected chi connectivity index (χ4v) is 4.42. The second-order valence-corrected chi connectivity index (χ2v) is 8.04. The zero-order valence-electron chi connectivity index (χ0n) is 17.9. The SMILES string of the molecule is CCn1c(SCC(=O)c2c(C)c(C)cc(C)c2C)nnc1-c1ccccc1OC. The van der Waals surface area contributed by atoms with Crippen LogP contribution in [0.5, 0.6) is 5.75 Å². The first kappa shape index (κ1) is 21.1. The molecule has 29 heavy (non-hydrogen) atoms. The van der Waals surface area contributed by atoms with Gasteiger partial charge in [-0.25, -0.2) is 0 Å². The van der Waals surface area contributed by atoms with E-state index in [1.807, 2.05) is 49.6 Å². The number of carbonyl (C=O) groups excluding carboxylic acids is 1. The van der Waals surface area contributed by atoms with Crippen LogP contribution in [0.1, 0.15) is 39.5 Å². The smallest absolute Gasteiger partial charge is 0.191 e. The Labute approximate surface area is 176 Å². The van der Waals surface area contributed by atoms with E-state index in [9.17, 15) is 4.79 Å². The summed E-state index contributed by atoms with van der Waals surface area (Å²) in [5, 5.41) is 9.47. The van der Waals surface area contributed by atoms with Crippen LogP contribution in [0, 0.1) is 27.7 Å². The third-order valence-corrected chi connectivity index (χ3v) is 6.32. The average molecular weight is 410 g/mol. The number of rotatable bonds is 7. The zero-order valence-corrected chi connectivity index (χ0v) is 18.7. The summed E-state index contributed by atoms with van der Waals surface area (Å²) in [5.41, 5.74) is 6.15. The van der Waals surface area contributed by atoms with Crippen molar-refractivity contribution in [2.45, 2.75) is 46.3 Å². The summed E-state index contributed by atoms with van der Waals surface area (Å²) in [7, 11) is 1.65. The Morgan fingerprint density at radius 1 is 1.07 bits per heavy atom. The van der Waals surface area contributed by atoms with Gasteiger partial charge < -0.3 is 9.30 Å². The molecule has 0 aliphatic heterocycles. The van der Waals surface area contributed by atoms with E-state index < -0.39 is 0 Å². The van der Waals surface area contributed by atoms with Gasteiger partial charge in [-0.2, -0.15) is 0 Å². The molecular weight excluding hydrogens is 382 g/mol. The van der Waals surface area contributed by atoms with E-state index in [2.05, 4.69) is 30.1 Å². The maximum absolute atomic E-state index is 13.0. The fraction of sp³-hybridized carbons (Fsp3) is 0.348. The molecule has 0 N–H and O–H groups in total. The van der Waals surface area contributed by atoms with Gasteiger partial charge in [0.05, 0.1) is 18.4 Å². The summed E-state index contributed by atoms with van der Waals surface area (Å²) in [6.45, 7) is 10.9. The number of hydrogen-bond donors (Lipinski definition) is 0. The first-order valence-corrected chi connectivity index (χ1v) is 10.7. The van der Waals surface area contributed by atoms with Gasteiger partial charge in [0.15, 0.2) is 16.8 Å². The molecule has 0 unspecified atom stereocenters. The van der Waals surface area contributed by atoms with Crippen LogP contribution in [0.4, 0.5) is 0 Å². The van der Waals surface area contributed by atoms with Crippen molar-refractivity contribution in [2.75, 3.05) is 12.9 Å². The van der Waals surface area contributed by atoms with Gasteiger partial charge >= 0.3 is 0 Å². The molecule has 0 fully saturated rings. The second-order valence-electron chi connectivity index (χ2n) is 7.10. The number of nitrogens with zero attached hydrogens (tertiary/aromatic N) is 3. The summed E-state index contributed by atoms with van der Waals surface area (Å²) in [6, 6.07) is 9.90. The predicted octanol–water partition coefficient (Wildman–Crippen LogP) is 5.18. The molecular formula is C23H27N3O2S. The van der Waals surface area contributed by atoms with Crippen molar-refractivity contribution in [3.05, 3.63) is 58.1 Å². The molecule has 0 spiro atoms. The zero-order chi connectivity index (χ0) is 21.1. The number of ether oxygens (including phenoxy) is 1. The Kier molecular flexibility index (Phi) is 6.42. The molecule has 1 heterocycles. The molecule has 2 aromatic carbocycles. The molecule has 0 aliphatic carbocycles. The van der Waals surface area contributed by atoms with Crippen LogP contribution in [0.25, 0.3) is 11.4 Å². The van der Waals surface area contributed by atoms with Crippen molar-refractivity contribution >= 4 is 17.5 Å². The quantitative estimate of drug-likeness (QED) is 0.397. The number of aryl methyl sites for hydroxylation is 2. The van der Waals surface area contributed by atoms with E-state index in [-0.39, 0.29) is 5.78 Å². The Morgan fingerprint density at radius 2 is 1.72 bits per heavy atom. The predicted molar refractivity (Wildman–Crippen MR) is 118 cm³/mol. The molecule has 5 nitrogen and oxygen atoms in total. The van der Waals surface area contributed by atoms with Crippen molar-refractivity contribution in [1.82, 2.24) is 14.8 Å². The number of Topliss-reactive ketones (excluding diaryl/α,β-unsaturated/α-hetero) is 1. The highest BCUT2D eigenvalue weighted by molar-refractivity contribution is 7.99. The lowest BCUT2D eigenvalue weighted by atomic mass is 9.92. The van der Waals surface area contributed by atoms with E-state index in [0.717, 1.165) is 50.1 Å². The highest BCUT2D eigenvalue weighted by Gasteiger charge is 2.20. The summed E-state index contributed by atoms with van der Waals surface area (Å²) in [6.07, 6.45) is 0. The number of benzene rings is 2. The van der Waals surface area contributed by atoms with Crippen LogP contribution in [0.3, 0.4) is 0 Å². The molecule has 0 bridgehead atoms. The number of para-hydroxylation sites is 1. The maximum atomic E-state index is 13.0. The van der Waals surface area contributed by atoms with Crippen LogP contribution in [0.2, 0.25) is 0 Å².